The molecular weight excluding hydrogens is 288 g/mol. The van der Waals surface area contributed by atoms with Gasteiger partial charge in [-0.25, -0.2) is 0 Å². The lowest BCUT2D eigenvalue weighted by molar-refractivity contribution is 0.0833. The van der Waals surface area contributed by atoms with Crippen LogP contribution in [0, 0.1) is 0 Å². The van der Waals surface area contributed by atoms with Crippen molar-refractivity contribution in [2.24, 2.45) is 0 Å². The highest BCUT2D eigenvalue weighted by Crippen LogP contribution is 2.50. The summed E-state index contributed by atoms with van der Waals surface area (Å²) in [6.45, 7) is 0. The molecular formula is C16H14O6. The SMILES string of the molecule is COc1c(O)cc(O)c2c1O[C@@H](c1ccccc1O)CC2=O. The van der Waals surface area contributed by atoms with Crippen molar-refractivity contribution in [1.82, 2.24) is 0 Å². The molecule has 3 rings (SSSR count). The van der Waals surface area contributed by atoms with Gasteiger partial charge in [-0.2, -0.15) is 0 Å². The zero-order valence-corrected chi connectivity index (χ0v) is 11.7. The Morgan fingerprint density at radius 2 is 1.86 bits per heavy atom. The van der Waals surface area contributed by atoms with Crippen LogP contribution in [0.1, 0.15) is 28.4 Å². The number of Topliss-reactive ketones (excluding diaryl/α,β-unsaturated/α-hetero) is 1. The minimum atomic E-state index is -0.726. The third-order valence-electron chi connectivity index (χ3n) is 3.59. The number of methoxy groups -OCH3 is 1. The summed E-state index contributed by atoms with van der Waals surface area (Å²) in [5.41, 5.74) is 0.424. The summed E-state index contributed by atoms with van der Waals surface area (Å²) in [5, 5.41) is 29.6. The minimum absolute atomic E-state index is 0.00657. The van der Waals surface area contributed by atoms with Gasteiger partial charge in [0.05, 0.1) is 13.5 Å². The van der Waals surface area contributed by atoms with Crippen molar-refractivity contribution in [3.63, 3.8) is 0 Å². The van der Waals surface area contributed by atoms with Crippen molar-refractivity contribution in [2.45, 2.75) is 12.5 Å². The van der Waals surface area contributed by atoms with Crippen LogP contribution in [0.15, 0.2) is 30.3 Å². The maximum Gasteiger partial charge on any atom is 0.204 e. The van der Waals surface area contributed by atoms with Gasteiger partial charge in [0.2, 0.25) is 5.75 Å². The van der Waals surface area contributed by atoms with Gasteiger partial charge < -0.3 is 24.8 Å². The number of aromatic hydroxyl groups is 3. The molecule has 1 aliphatic rings. The molecule has 22 heavy (non-hydrogen) atoms. The maximum atomic E-state index is 12.3. The van der Waals surface area contributed by atoms with Crippen LogP contribution in [-0.4, -0.2) is 28.2 Å². The molecule has 0 saturated carbocycles. The van der Waals surface area contributed by atoms with Crippen LogP contribution in [0.4, 0.5) is 0 Å². The van der Waals surface area contributed by atoms with Gasteiger partial charge in [0.1, 0.15) is 23.2 Å². The molecule has 0 spiro atoms. The normalized spacial score (nSPS) is 16.8. The average molecular weight is 302 g/mol. The summed E-state index contributed by atoms with van der Waals surface area (Å²) in [5.74, 6) is -1.10. The second-order valence-corrected chi connectivity index (χ2v) is 4.94. The number of phenolic OH excluding ortho intramolecular Hbond substituents is 3. The largest absolute Gasteiger partial charge is 0.508 e. The molecule has 114 valence electrons. The number of fused-ring (bicyclic) bond motifs is 1. The van der Waals surface area contributed by atoms with E-state index in [9.17, 15) is 20.1 Å². The topological polar surface area (TPSA) is 96.2 Å². The van der Waals surface area contributed by atoms with Crippen LogP contribution in [-0.2, 0) is 0 Å². The molecule has 0 aromatic heterocycles. The number of carbonyl (C=O) groups is 1. The zero-order valence-electron chi connectivity index (χ0n) is 11.7. The minimum Gasteiger partial charge on any atom is -0.508 e. The summed E-state index contributed by atoms with van der Waals surface area (Å²) in [4.78, 5) is 12.3. The summed E-state index contributed by atoms with van der Waals surface area (Å²) < 4.78 is 10.8. The van der Waals surface area contributed by atoms with Crippen molar-refractivity contribution in [2.75, 3.05) is 7.11 Å². The molecule has 0 unspecified atom stereocenters. The molecule has 3 N–H and O–H groups in total. The Morgan fingerprint density at radius 1 is 1.14 bits per heavy atom. The number of hydrogen-bond donors (Lipinski definition) is 3. The van der Waals surface area contributed by atoms with Crippen LogP contribution in [0.5, 0.6) is 28.7 Å². The van der Waals surface area contributed by atoms with Crippen LogP contribution >= 0.6 is 0 Å². The predicted molar refractivity (Wildman–Crippen MR) is 76.7 cm³/mol. The molecule has 0 saturated heterocycles. The standard InChI is InChI=1S/C16H14O6/c1-21-15-12(20)6-10(18)14-11(19)7-13(22-16(14)15)8-4-2-3-5-9(8)17/h2-6,13,17-18,20H,7H2,1H3/t13-/m1/s1. The fraction of sp³-hybridized carbons (Fsp3) is 0.188. The number of phenols is 3. The molecule has 0 aliphatic carbocycles. The van der Waals surface area contributed by atoms with E-state index >= 15 is 0 Å². The number of rotatable bonds is 2. The van der Waals surface area contributed by atoms with Gasteiger partial charge in [0, 0.05) is 11.6 Å². The Bertz CT molecular complexity index is 753. The van der Waals surface area contributed by atoms with E-state index in [1.54, 1.807) is 18.2 Å². The Labute approximate surface area is 126 Å². The molecule has 6 heteroatoms. The Morgan fingerprint density at radius 3 is 2.55 bits per heavy atom. The van der Waals surface area contributed by atoms with E-state index in [0.29, 0.717) is 5.56 Å². The van der Waals surface area contributed by atoms with Crippen molar-refractivity contribution in [3.8, 4) is 28.7 Å². The highest BCUT2D eigenvalue weighted by Gasteiger charge is 2.35. The van der Waals surface area contributed by atoms with E-state index in [2.05, 4.69) is 0 Å². The average Bonchev–Trinajstić information content (AvgIpc) is 2.47. The second kappa shape index (κ2) is 5.14. The van der Waals surface area contributed by atoms with E-state index in [1.165, 1.54) is 13.2 Å². The molecule has 0 amide bonds. The highest BCUT2D eigenvalue weighted by atomic mass is 16.5. The Hall–Kier alpha value is -2.89. The first-order valence-electron chi connectivity index (χ1n) is 6.63. The van der Waals surface area contributed by atoms with Crippen LogP contribution in [0.25, 0.3) is 0 Å². The number of ether oxygens (including phenoxy) is 2. The van der Waals surface area contributed by atoms with Gasteiger partial charge in [-0.05, 0) is 6.07 Å². The Balaban J connectivity index is 2.13. The first kappa shape index (κ1) is 14.1. The van der Waals surface area contributed by atoms with Gasteiger partial charge in [0.25, 0.3) is 0 Å². The first-order chi connectivity index (χ1) is 10.5. The maximum absolute atomic E-state index is 12.3. The van der Waals surface area contributed by atoms with Crippen LogP contribution in [0.3, 0.4) is 0 Å². The van der Waals surface area contributed by atoms with Crippen molar-refractivity contribution in [1.29, 1.82) is 0 Å². The third-order valence-corrected chi connectivity index (χ3v) is 3.59. The summed E-state index contributed by atoms with van der Waals surface area (Å²) in [7, 11) is 1.32. The fourth-order valence-electron chi connectivity index (χ4n) is 2.58. The molecule has 6 nitrogen and oxygen atoms in total. The monoisotopic (exact) mass is 302 g/mol. The molecule has 1 aliphatic heterocycles. The van der Waals surface area contributed by atoms with E-state index in [0.717, 1.165) is 6.07 Å². The number of ketones is 1. The molecule has 2 aromatic rings. The molecule has 1 atom stereocenters. The van der Waals surface area contributed by atoms with Crippen molar-refractivity contribution < 1.29 is 29.6 Å². The zero-order chi connectivity index (χ0) is 15.9. The number of hydrogen-bond acceptors (Lipinski definition) is 6. The molecule has 2 aromatic carbocycles. The van der Waals surface area contributed by atoms with E-state index < -0.39 is 6.10 Å². The van der Waals surface area contributed by atoms with Crippen LogP contribution in [0.2, 0.25) is 0 Å². The van der Waals surface area contributed by atoms with Gasteiger partial charge in [-0.3, -0.25) is 4.79 Å². The van der Waals surface area contributed by atoms with E-state index in [-0.39, 0.29) is 46.5 Å². The van der Waals surface area contributed by atoms with Gasteiger partial charge in [0.15, 0.2) is 17.3 Å². The quantitative estimate of drug-likeness (QED) is 0.789. The Kier molecular flexibility index (Phi) is 3.29. The first-order valence-corrected chi connectivity index (χ1v) is 6.63. The number of carbonyl (C=O) groups excluding carboxylic acids is 1. The van der Waals surface area contributed by atoms with E-state index in [4.69, 9.17) is 9.47 Å². The number of para-hydroxylation sites is 1. The predicted octanol–water partition coefficient (Wildman–Crippen LogP) is 2.52. The lowest BCUT2D eigenvalue weighted by Crippen LogP contribution is -2.21. The lowest BCUT2D eigenvalue weighted by atomic mass is 9.94. The molecule has 0 fully saturated rings. The fourth-order valence-corrected chi connectivity index (χ4v) is 2.58. The van der Waals surface area contributed by atoms with Crippen LogP contribution < -0.4 is 9.47 Å². The highest BCUT2D eigenvalue weighted by molar-refractivity contribution is 6.03. The molecule has 0 radical (unpaired) electrons. The van der Waals surface area contributed by atoms with Gasteiger partial charge in [-0.1, -0.05) is 18.2 Å². The molecule has 0 bridgehead atoms. The van der Waals surface area contributed by atoms with E-state index in [1.807, 2.05) is 0 Å². The second-order valence-electron chi connectivity index (χ2n) is 4.94. The third kappa shape index (κ3) is 2.09. The van der Waals surface area contributed by atoms with Crippen molar-refractivity contribution in [3.05, 3.63) is 41.5 Å². The summed E-state index contributed by atoms with van der Waals surface area (Å²) in [6.07, 6.45) is -0.761. The van der Waals surface area contributed by atoms with Gasteiger partial charge >= 0.3 is 0 Å². The lowest BCUT2D eigenvalue weighted by Gasteiger charge is -2.27. The van der Waals surface area contributed by atoms with Crippen molar-refractivity contribution >= 4 is 5.78 Å². The number of benzene rings is 2. The van der Waals surface area contributed by atoms with Gasteiger partial charge in [-0.15, -0.1) is 0 Å². The summed E-state index contributed by atoms with van der Waals surface area (Å²) in [6, 6.07) is 7.56. The summed E-state index contributed by atoms with van der Waals surface area (Å²) >= 11 is 0. The molecule has 1 heterocycles. The smallest absolute Gasteiger partial charge is 0.204 e.